The largest absolute Gasteiger partial charge is 0.506 e. The number of hydrogen-bond donors (Lipinski definition) is 5. The van der Waals surface area contributed by atoms with Gasteiger partial charge in [0.2, 0.25) is 0 Å². The molecule has 0 aromatic heterocycles. The summed E-state index contributed by atoms with van der Waals surface area (Å²) >= 11 is 0. The Bertz CT molecular complexity index is 481. The predicted octanol–water partition coefficient (Wildman–Crippen LogP) is 1.71. The fourth-order valence-corrected chi connectivity index (χ4v) is 1.04. The van der Waals surface area contributed by atoms with Crippen LogP contribution in [0.3, 0.4) is 0 Å². The maximum atomic E-state index is 8.90. The third-order valence-electron chi connectivity index (χ3n) is 1.98. The Hall–Kier alpha value is -2.56. The van der Waals surface area contributed by atoms with Gasteiger partial charge >= 0.3 is 0 Å². The van der Waals surface area contributed by atoms with Crippen molar-refractivity contribution >= 4 is 22.8 Å². The molecule has 2 rings (SSSR count). The molecule has 0 amide bonds. The molecule has 1 aromatic carbocycles. The highest BCUT2D eigenvalue weighted by Crippen LogP contribution is 2.21. The summed E-state index contributed by atoms with van der Waals surface area (Å²) in [5.41, 5.74) is 12.0. The van der Waals surface area contributed by atoms with E-state index in [2.05, 4.69) is 0 Å². The zero-order valence-electron chi connectivity index (χ0n) is 9.14. The van der Waals surface area contributed by atoms with Gasteiger partial charge in [0.15, 0.2) is 0 Å². The van der Waals surface area contributed by atoms with Crippen molar-refractivity contribution < 1.29 is 5.11 Å². The van der Waals surface area contributed by atoms with Crippen LogP contribution in [0.25, 0.3) is 0 Å². The van der Waals surface area contributed by atoms with Gasteiger partial charge in [-0.3, -0.25) is 10.8 Å². The van der Waals surface area contributed by atoms with Crippen molar-refractivity contribution in [2.45, 2.75) is 0 Å². The van der Waals surface area contributed by atoms with Crippen LogP contribution in [0, 0.1) is 10.8 Å². The van der Waals surface area contributed by atoms with E-state index in [1.54, 1.807) is 36.4 Å². The SMILES string of the molecule is N=C1C=CC=CC1=N.Nc1ccc(N)c(O)c1. The van der Waals surface area contributed by atoms with E-state index >= 15 is 0 Å². The third kappa shape index (κ3) is 3.83. The third-order valence-corrected chi connectivity index (χ3v) is 1.98. The lowest BCUT2D eigenvalue weighted by Crippen LogP contribution is -2.06. The molecular formula is C12H14N4O. The van der Waals surface area contributed by atoms with Gasteiger partial charge in [0.1, 0.15) is 5.75 Å². The highest BCUT2D eigenvalue weighted by molar-refractivity contribution is 6.48. The molecule has 0 saturated carbocycles. The molecule has 5 heteroatoms. The number of aromatic hydroxyl groups is 1. The van der Waals surface area contributed by atoms with E-state index in [0.717, 1.165) is 0 Å². The molecule has 0 spiro atoms. The molecule has 88 valence electrons. The van der Waals surface area contributed by atoms with E-state index in [1.807, 2.05) is 0 Å². The van der Waals surface area contributed by atoms with Crippen LogP contribution in [0.1, 0.15) is 0 Å². The lowest BCUT2D eigenvalue weighted by molar-refractivity contribution is 0.478. The summed E-state index contributed by atoms with van der Waals surface area (Å²) in [4.78, 5) is 0. The smallest absolute Gasteiger partial charge is 0.140 e. The van der Waals surface area contributed by atoms with Crippen molar-refractivity contribution in [1.29, 1.82) is 10.8 Å². The average molecular weight is 230 g/mol. The molecule has 0 radical (unpaired) electrons. The molecule has 0 atom stereocenters. The van der Waals surface area contributed by atoms with E-state index in [4.69, 9.17) is 27.4 Å². The Morgan fingerprint density at radius 3 is 1.82 bits per heavy atom. The molecule has 0 bridgehead atoms. The molecule has 5 nitrogen and oxygen atoms in total. The van der Waals surface area contributed by atoms with E-state index in [1.165, 1.54) is 6.07 Å². The van der Waals surface area contributed by atoms with Crippen molar-refractivity contribution in [3.05, 3.63) is 42.5 Å². The molecule has 7 N–H and O–H groups in total. The van der Waals surface area contributed by atoms with Gasteiger partial charge in [-0.2, -0.15) is 0 Å². The number of nitrogens with one attached hydrogen (secondary N) is 2. The van der Waals surface area contributed by atoms with Gasteiger partial charge in [-0.25, -0.2) is 0 Å². The number of rotatable bonds is 0. The topological polar surface area (TPSA) is 120 Å². The molecule has 0 unspecified atom stereocenters. The lowest BCUT2D eigenvalue weighted by Gasteiger charge is -1.97. The zero-order valence-corrected chi connectivity index (χ0v) is 9.14. The van der Waals surface area contributed by atoms with Gasteiger partial charge in [0.25, 0.3) is 0 Å². The highest BCUT2D eigenvalue weighted by atomic mass is 16.3. The molecule has 0 aliphatic heterocycles. The summed E-state index contributed by atoms with van der Waals surface area (Å²) in [5, 5.41) is 23.0. The monoisotopic (exact) mass is 230 g/mol. The second-order valence-electron chi connectivity index (χ2n) is 3.36. The second-order valence-corrected chi connectivity index (χ2v) is 3.36. The Morgan fingerprint density at radius 2 is 1.47 bits per heavy atom. The number of phenolic OH excluding ortho intramolecular Hbond substituents is 1. The Kier molecular flexibility index (Phi) is 4.05. The maximum Gasteiger partial charge on any atom is 0.140 e. The molecular weight excluding hydrogens is 216 g/mol. The normalized spacial score (nSPS) is 13.2. The minimum absolute atomic E-state index is 0.0370. The molecule has 0 fully saturated rings. The highest BCUT2D eigenvalue weighted by Gasteiger charge is 1.97. The number of allylic oxidation sites excluding steroid dienone is 4. The summed E-state index contributed by atoms with van der Waals surface area (Å²) in [5.74, 6) is 0.0370. The molecule has 1 aliphatic carbocycles. The average Bonchev–Trinajstić information content (AvgIpc) is 2.29. The molecule has 17 heavy (non-hydrogen) atoms. The van der Waals surface area contributed by atoms with Crippen molar-refractivity contribution in [2.75, 3.05) is 11.5 Å². The van der Waals surface area contributed by atoms with Crippen LogP contribution in [0.2, 0.25) is 0 Å². The molecule has 1 aliphatic rings. The Morgan fingerprint density at radius 1 is 0.941 bits per heavy atom. The first kappa shape index (κ1) is 12.5. The number of nitrogens with two attached hydrogens (primary N) is 2. The van der Waals surface area contributed by atoms with E-state index < -0.39 is 0 Å². The first-order chi connectivity index (χ1) is 8.00. The molecule has 0 heterocycles. The van der Waals surface area contributed by atoms with Crippen LogP contribution in [0.5, 0.6) is 5.75 Å². The van der Waals surface area contributed by atoms with Crippen LogP contribution < -0.4 is 11.5 Å². The van der Waals surface area contributed by atoms with Crippen molar-refractivity contribution in [3.8, 4) is 5.75 Å². The van der Waals surface area contributed by atoms with Gasteiger partial charge in [0.05, 0.1) is 17.1 Å². The minimum Gasteiger partial charge on any atom is -0.506 e. The van der Waals surface area contributed by atoms with E-state index in [9.17, 15) is 0 Å². The molecule has 0 saturated heterocycles. The Labute approximate surface area is 99.1 Å². The summed E-state index contributed by atoms with van der Waals surface area (Å²) < 4.78 is 0. The van der Waals surface area contributed by atoms with Gasteiger partial charge in [0, 0.05) is 11.8 Å². The first-order valence-electron chi connectivity index (χ1n) is 4.87. The van der Waals surface area contributed by atoms with Crippen molar-refractivity contribution in [2.24, 2.45) is 0 Å². The number of nitrogen functional groups attached to an aromatic ring is 2. The number of anilines is 2. The number of phenols is 1. The number of benzene rings is 1. The van der Waals surface area contributed by atoms with Crippen molar-refractivity contribution in [3.63, 3.8) is 0 Å². The fraction of sp³-hybridized carbons (Fsp3) is 0. The standard InChI is InChI=1S/C6H8N2O.C6H6N2/c7-4-1-2-5(8)6(9)3-4;7-5-3-1-2-4-6(5)8/h1-3,9H,7-8H2;1-4,7-8H. The first-order valence-corrected chi connectivity index (χ1v) is 4.87. The maximum absolute atomic E-state index is 8.90. The van der Waals surface area contributed by atoms with Crippen molar-refractivity contribution in [1.82, 2.24) is 0 Å². The van der Waals surface area contributed by atoms with E-state index in [-0.39, 0.29) is 17.2 Å². The van der Waals surface area contributed by atoms with Crippen LogP contribution in [-0.4, -0.2) is 16.5 Å². The predicted molar refractivity (Wildman–Crippen MR) is 70.7 cm³/mol. The van der Waals surface area contributed by atoms with Gasteiger partial charge in [-0.05, 0) is 24.3 Å². The molecule has 1 aromatic rings. The van der Waals surface area contributed by atoms with Crippen LogP contribution >= 0.6 is 0 Å². The summed E-state index contributed by atoms with van der Waals surface area (Å²) in [7, 11) is 0. The minimum atomic E-state index is 0.0370. The Balaban J connectivity index is 0.000000171. The van der Waals surface area contributed by atoms with E-state index in [0.29, 0.717) is 11.4 Å². The zero-order chi connectivity index (χ0) is 12.8. The second kappa shape index (κ2) is 5.50. The fourth-order valence-electron chi connectivity index (χ4n) is 1.04. The van der Waals surface area contributed by atoms with Gasteiger partial charge in [-0.15, -0.1) is 0 Å². The lowest BCUT2D eigenvalue weighted by atomic mass is 10.1. The van der Waals surface area contributed by atoms with Gasteiger partial charge < -0.3 is 16.6 Å². The summed E-state index contributed by atoms with van der Waals surface area (Å²) in [6.07, 6.45) is 6.70. The summed E-state index contributed by atoms with van der Waals surface area (Å²) in [6, 6.07) is 4.61. The van der Waals surface area contributed by atoms with Gasteiger partial charge in [-0.1, -0.05) is 12.2 Å². The van der Waals surface area contributed by atoms with Crippen LogP contribution in [-0.2, 0) is 0 Å². The van der Waals surface area contributed by atoms with Crippen LogP contribution in [0.15, 0.2) is 42.5 Å². The number of hydrogen-bond acceptors (Lipinski definition) is 5. The van der Waals surface area contributed by atoms with Crippen LogP contribution in [0.4, 0.5) is 11.4 Å². The quantitative estimate of drug-likeness (QED) is 0.265. The summed E-state index contributed by atoms with van der Waals surface area (Å²) in [6.45, 7) is 0.